The van der Waals surface area contributed by atoms with Gasteiger partial charge in [-0.3, -0.25) is 4.98 Å². The van der Waals surface area contributed by atoms with Crippen molar-refractivity contribution in [1.29, 1.82) is 0 Å². The summed E-state index contributed by atoms with van der Waals surface area (Å²) in [6.45, 7) is 2.04. The summed E-state index contributed by atoms with van der Waals surface area (Å²) < 4.78 is 0.992. The fraction of sp³-hybridized carbons (Fsp3) is 0.214. The van der Waals surface area contributed by atoms with Gasteiger partial charge >= 0.3 is 0 Å². The molecule has 0 radical (unpaired) electrons. The first-order chi connectivity index (χ1) is 8.54. The van der Waals surface area contributed by atoms with Gasteiger partial charge in [-0.05, 0) is 42.3 Å². The Balaban J connectivity index is 2.16. The monoisotopic (exact) mass is 387 g/mol. The lowest BCUT2D eigenvalue weighted by atomic mass is 10.1. The second kappa shape index (κ2) is 6.18. The lowest BCUT2D eigenvalue weighted by molar-refractivity contribution is 0.901. The van der Waals surface area contributed by atoms with Crippen molar-refractivity contribution in [2.45, 2.75) is 18.2 Å². The van der Waals surface area contributed by atoms with E-state index in [9.17, 15) is 0 Å². The molecule has 0 N–H and O–H groups in total. The Morgan fingerprint density at radius 3 is 2.67 bits per heavy atom. The molecule has 0 spiro atoms. The van der Waals surface area contributed by atoms with Gasteiger partial charge in [-0.25, -0.2) is 0 Å². The van der Waals surface area contributed by atoms with E-state index in [0.29, 0.717) is 0 Å². The summed E-state index contributed by atoms with van der Waals surface area (Å²) in [5, 5.41) is 0.737. The molecule has 0 saturated heterocycles. The number of rotatable bonds is 3. The molecule has 94 valence electrons. The van der Waals surface area contributed by atoms with Crippen molar-refractivity contribution >= 4 is 43.5 Å². The predicted octanol–water partition coefficient (Wildman–Crippen LogP) is 5.48. The zero-order chi connectivity index (χ0) is 13.1. The average Bonchev–Trinajstić information content (AvgIpc) is 2.31. The summed E-state index contributed by atoms with van der Waals surface area (Å²) in [7, 11) is 0. The number of aryl methyl sites for hydroxylation is 1. The van der Waals surface area contributed by atoms with Gasteiger partial charge in [0.25, 0.3) is 0 Å². The number of aromatic nitrogens is 1. The fourth-order valence-corrected chi connectivity index (χ4v) is 3.16. The van der Waals surface area contributed by atoms with E-state index in [1.54, 1.807) is 0 Å². The number of halogens is 3. The molecule has 2 rings (SSSR count). The smallest absolute Gasteiger partial charge is 0.0451 e. The van der Waals surface area contributed by atoms with E-state index in [0.717, 1.165) is 27.2 Å². The van der Waals surface area contributed by atoms with Gasteiger partial charge in [0.15, 0.2) is 0 Å². The predicted molar refractivity (Wildman–Crippen MR) is 83.5 cm³/mol. The van der Waals surface area contributed by atoms with Gasteiger partial charge in [0.2, 0.25) is 0 Å². The molecule has 0 aliphatic heterocycles. The summed E-state index contributed by atoms with van der Waals surface area (Å²) in [6.07, 6.45) is 2.73. The normalized spacial score (nSPS) is 12.4. The molecule has 0 fully saturated rings. The lowest BCUT2D eigenvalue weighted by Gasteiger charge is -2.11. The molecular weight excluding hydrogens is 377 g/mol. The minimum atomic E-state index is 0.211. The molecule has 1 aromatic carbocycles. The molecule has 0 aliphatic carbocycles. The van der Waals surface area contributed by atoms with Gasteiger partial charge in [-0.1, -0.05) is 49.5 Å². The van der Waals surface area contributed by atoms with Gasteiger partial charge in [0.1, 0.15) is 0 Å². The number of nitrogens with zero attached hydrogens (tertiary/aromatic N) is 1. The van der Waals surface area contributed by atoms with Crippen LogP contribution in [0.1, 0.15) is 21.6 Å². The van der Waals surface area contributed by atoms with E-state index in [2.05, 4.69) is 55.0 Å². The molecule has 2 aromatic rings. The Kier molecular flexibility index (Phi) is 4.82. The average molecular weight is 390 g/mol. The highest BCUT2D eigenvalue weighted by molar-refractivity contribution is 9.10. The number of benzene rings is 1. The third-order valence-corrected chi connectivity index (χ3v) is 4.14. The van der Waals surface area contributed by atoms with Crippen molar-refractivity contribution < 1.29 is 0 Å². The SMILES string of the molecule is Cc1ccc(CC(Br)c2cc(Cl)cc(Br)c2)nc1. The number of hydrogen-bond donors (Lipinski definition) is 0. The molecule has 1 unspecified atom stereocenters. The number of pyridine rings is 1. The fourth-order valence-electron chi connectivity index (χ4n) is 1.68. The molecule has 0 bridgehead atoms. The standard InChI is InChI=1S/C14H12Br2ClN/c1-9-2-3-13(18-8-9)7-14(16)10-4-11(15)6-12(17)5-10/h2-6,8,14H,7H2,1H3. The van der Waals surface area contributed by atoms with Crippen LogP contribution >= 0.6 is 43.5 Å². The van der Waals surface area contributed by atoms with E-state index in [-0.39, 0.29) is 4.83 Å². The van der Waals surface area contributed by atoms with Gasteiger partial charge < -0.3 is 0 Å². The third kappa shape index (κ3) is 3.81. The van der Waals surface area contributed by atoms with Crippen LogP contribution < -0.4 is 0 Å². The topological polar surface area (TPSA) is 12.9 Å². The highest BCUT2D eigenvalue weighted by Gasteiger charge is 2.11. The molecule has 1 heterocycles. The van der Waals surface area contributed by atoms with E-state index in [1.807, 2.05) is 25.3 Å². The van der Waals surface area contributed by atoms with E-state index in [4.69, 9.17) is 11.6 Å². The van der Waals surface area contributed by atoms with Gasteiger partial charge in [0.05, 0.1) is 0 Å². The van der Waals surface area contributed by atoms with Gasteiger partial charge in [-0.2, -0.15) is 0 Å². The maximum Gasteiger partial charge on any atom is 0.0451 e. The van der Waals surface area contributed by atoms with E-state index < -0.39 is 0 Å². The lowest BCUT2D eigenvalue weighted by Crippen LogP contribution is -1.98. The van der Waals surface area contributed by atoms with Crippen LogP contribution in [0.4, 0.5) is 0 Å². The number of alkyl halides is 1. The Morgan fingerprint density at radius 1 is 1.28 bits per heavy atom. The molecular formula is C14H12Br2ClN. The van der Waals surface area contributed by atoms with Crippen LogP contribution in [-0.4, -0.2) is 4.98 Å². The Labute approximate surface area is 129 Å². The molecule has 1 atom stereocenters. The van der Waals surface area contributed by atoms with Crippen molar-refractivity contribution in [3.63, 3.8) is 0 Å². The van der Waals surface area contributed by atoms with Crippen LogP contribution in [0, 0.1) is 6.92 Å². The quantitative estimate of drug-likeness (QED) is 0.633. The van der Waals surface area contributed by atoms with E-state index >= 15 is 0 Å². The Morgan fingerprint density at radius 2 is 2.06 bits per heavy atom. The molecule has 1 nitrogen and oxygen atoms in total. The summed E-state index contributed by atoms with van der Waals surface area (Å²) >= 11 is 13.2. The van der Waals surface area contributed by atoms with Crippen molar-refractivity contribution in [2.75, 3.05) is 0 Å². The van der Waals surface area contributed by atoms with Crippen molar-refractivity contribution in [3.8, 4) is 0 Å². The maximum atomic E-state index is 6.05. The van der Waals surface area contributed by atoms with Gasteiger partial charge in [0, 0.05) is 32.6 Å². The van der Waals surface area contributed by atoms with Crippen LogP contribution in [0.15, 0.2) is 41.0 Å². The first-order valence-electron chi connectivity index (χ1n) is 5.56. The first kappa shape index (κ1) is 14.0. The summed E-state index contributed by atoms with van der Waals surface area (Å²) in [5.74, 6) is 0. The van der Waals surface area contributed by atoms with Crippen LogP contribution in [0.25, 0.3) is 0 Å². The van der Waals surface area contributed by atoms with Crippen molar-refractivity contribution in [1.82, 2.24) is 4.98 Å². The van der Waals surface area contributed by atoms with Crippen LogP contribution in [-0.2, 0) is 6.42 Å². The van der Waals surface area contributed by atoms with Crippen molar-refractivity contribution in [2.24, 2.45) is 0 Å². The second-order valence-electron chi connectivity index (χ2n) is 4.20. The minimum absolute atomic E-state index is 0.211. The van der Waals surface area contributed by atoms with Crippen molar-refractivity contribution in [3.05, 3.63) is 62.8 Å². The molecule has 4 heteroatoms. The summed E-state index contributed by atoms with van der Waals surface area (Å²) in [4.78, 5) is 4.62. The Bertz CT molecular complexity index is 520. The molecule has 0 aliphatic rings. The molecule has 1 aromatic heterocycles. The molecule has 18 heavy (non-hydrogen) atoms. The third-order valence-electron chi connectivity index (χ3n) is 2.61. The second-order valence-corrected chi connectivity index (χ2v) is 6.66. The zero-order valence-electron chi connectivity index (χ0n) is 9.83. The highest BCUT2D eigenvalue weighted by atomic mass is 79.9. The van der Waals surface area contributed by atoms with Crippen LogP contribution in [0.2, 0.25) is 5.02 Å². The van der Waals surface area contributed by atoms with E-state index in [1.165, 1.54) is 5.56 Å². The highest BCUT2D eigenvalue weighted by Crippen LogP contribution is 2.31. The number of hydrogen-bond acceptors (Lipinski definition) is 1. The zero-order valence-corrected chi connectivity index (χ0v) is 13.8. The largest absolute Gasteiger partial charge is 0.261 e. The molecule has 0 amide bonds. The molecule has 0 saturated carbocycles. The van der Waals surface area contributed by atoms with Crippen LogP contribution in [0.5, 0.6) is 0 Å². The first-order valence-corrected chi connectivity index (χ1v) is 7.65. The minimum Gasteiger partial charge on any atom is -0.261 e. The Hall–Kier alpha value is -0.380. The maximum absolute atomic E-state index is 6.05. The summed E-state index contributed by atoms with van der Waals surface area (Å²) in [5.41, 5.74) is 3.39. The van der Waals surface area contributed by atoms with Gasteiger partial charge in [-0.15, -0.1) is 0 Å². The van der Waals surface area contributed by atoms with Crippen LogP contribution in [0.3, 0.4) is 0 Å². The summed E-state index contributed by atoms with van der Waals surface area (Å²) in [6, 6.07) is 10.1.